The molecule has 1 aromatic heterocycles. The lowest BCUT2D eigenvalue weighted by Gasteiger charge is -2.36. The summed E-state index contributed by atoms with van der Waals surface area (Å²) in [4.78, 5) is 13.5. The maximum absolute atomic E-state index is 11.6. The molecular formula is C11H16N2O4. The van der Waals surface area contributed by atoms with Crippen LogP contribution in [0.2, 0.25) is 0 Å². The number of methoxy groups -OCH3 is 1. The van der Waals surface area contributed by atoms with E-state index in [0.717, 1.165) is 18.7 Å². The van der Waals surface area contributed by atoms with Gasteiger partial charge in [-0.2, -0.15) is 0 Å². The molecule has 1 aliphatic heterocycles. The monoisotopic (exact) mass is 240 g/mol. The van der Waals surface area contributed by atoms with Gasteiger partial charge in [0, 0.05) is 12.6 Å². The van der Waals surface area contributed by atoms with Gasteiger partial charge in [-0.05, 0) is 19.4 Å². The minimum atomic E-state index is -0.678. The SMILES string of the molecule is COC(=O)[C@@H]1[C@H](O)CCCN1Cc1ccon1. The number of aliphatic hydroxyl groups is 1. The average molecular weight is 240 g/mol. The van der Waals surface area contributed by atoms with E-state index in [1.165, 1.54) is 13.4 Å². The van der Waals surface area contributed by atoms with Crippen molar-refractivity contribution >= 4 is 5.97 Å². The maximum Gasteiger partial charge on any atom is 0.325 e. The normalized spacial score (nSPS) is 25.8. The highest BCUT2D eigenvalue weighted by Gasteiger charge is 2.36. The first-order chi connectivity index (χ1) is 8.22. The smallest absolute Gasteiger partial charge is 0.325 e. The van der Waals surface area contributed by atoms with Crippen LogP contribution in [0.3, 0.4) is 0 Å². The van der Waals surface area contributed by atoms with Gasteiger partial charge in [-0.25, -0.2) is 0 Å². The lowest BCUT2D eigenvalue weighted by molar-refractivity contribution is -0.154. The molecule has 1 N–H and O–H groups in total. The Bertz CT molecular complexity index is 366. The third-order valence-corrected chi connectivity index (χ3v) is 3.00. The minimum Gasteiger partial charge on any atom is -0.468 e. The van der Waals surface area contributed by atoms with Crippen LogP contribution in [0.1, 0.15) is 18.5 Å². The van der Waals surface area contributed by atoms with Crippen LogP contribution in [-0.2, 0) is 16.1 Å². The Morgan fingerprint density at radius 2 is 2.59 bits per heavy atom. The molecule has 2 atom stereocenters. The summed E-state index contributed by atoms with van der Waals surface area (Å²) in [6, 6.07) is 1.14. The van der Waals surface area contributed by atoms with Crippen molar-refractivity contribution in [1.82, 2.24) is 10.1 Å². The van der Waals surface area contributed by atoms with Crippen LogP contribution in [0.25, 0.3) is 0 Å². The lowest BCUT2D eigenvalue weighted by atomic mass is 9.98. The lowest BCUT2D eigenvalue weighted by Crippen LogP contribution is -2.52. The Labute approximate surface area is 99.1 Å². The Hall–Kier alpha value is -1.40. The molecule has 6 nitrogen and oxygen atoms in total. The Morgan fingerprint density at radius 1 is 1.76 bits per heavy atom. The minimum absolute atomic E-state index is 0.402. The van der Waals surface area contributed by atoms with E-state index in [0.29, 0.717) is 13.0 Å². The van der Waals surface area contributed by atoms with Gasteiger partial charge < -0.3 is 14.4 Å². The number of aliphatic hydroxyl groups excluding tert-OH is 1. The number of piperidine rings is 1. The van der Waals surface area contributed by atoms with Gasteiger partial charge in [-0.3, -0.25) is 9.69 Å². The van der Waals surface area contributed by atoms with Crippen LogP contribution in [0.4, 0.5) is 0 Å². The van der Waals surface area contributed by atoms with Crippen molar-refractivity contribution in [2.45, 2.75) is 31.5 Å². The van der Waals surface area contributed by atoms with Crippen molar-refractivity contribution in [3.8, 4) is 0 Å². The fourth-order valence-corrected chi connectivity index (χ4v) is 2.18. The molecule has 0 spiro atoms. The van der Waals surface area contributed by atoms with Crippen molar-refractivity contribution in [2.75, 3.05) is 13.7 Å². The number of hydrogen-bond donors (Lipinski definition) is 1. The van der Waals surface area contributed by atoms with Crippen molar-refractivity contribution in [3.05, 3.63) is 18.0 Å². The number of esters is 1. The predicted molar refractivity (Wildman–Crippen MR) is 58.0 cm³/mol. The molecule has 1 aromatic rings. The Balaban J connectivity index is 2.09. The molecule has 0 saturated carbocycles. The Kier molecular flexibility index (Phi) is 3.75. The molecule has 0 aliphatic carbocycles. The van der Waals surface area contributed by atoms with E-state index in [1.807, 2.05) is 4.90 Å². The van der Waals surface area contributed by atoms with Gasteiger partial charge in [0.2, 0.25) is 0 Å². The highest BCUT2D eigenvalue weighted by molar-refractivity contribution is 5.76. The van der Waals surface area contributed by atoms with Gasteiger partial charge in [0.05, 0.1) is 18.9 Å². The van der Waals surface area contributed by atoms with E-state index >= 15 is 0 Å². The van der Waals surface area contributed by atoms with Gasteiger partial charge in [0.1, 0.15) is 12.3 Å². The topological polar surface area (TPSA) is 75.8 Å². The third-order valence-electron chi connectivity index (χ3n) is 3.00. The van der Waals surface area contributed by atoms with E-state index in [1.54, 1.807) is 6.07 Å². The van der Waals surface area contributed by atoms with Crippen molar-refractivity contribution in [3.63, 3.8) is 0 Å². The van der Waals surface area contributed by atoms with E-state index in [-0.39, 0.29) is 0 Å². The summed E-state index contributed by atoms with van der Waals surface area (Å²) in [5, 5.41) is 13.7. The fraction of sp³-hybridized carbons (Fsp3) is 0.636. The van der Waals surface area contributed by atoms with E-state index in [2.05, 4.69) is 5.16 Å². The highest BCUT2D eigenvalue weighted by Crippen LogP contribution is 2.20. The molecular weight excluding hydrogens is 224 g/mol. The molecule has 1 aliphatic rings. The largest absolute Gasteiger partial charge is 0.468 e. The summed E-state index contributed by atoms with van der Waals surface area (Å²) in [6.45, 7) is 1.22. The second-order valence-electron chi connectivity index (χ2n) is 4.14. The molecule has 1 fully saturated rings. The first-order valence-electron chi connectivity index (χ1n) is 5.61. The zero-order valence-corrected chi connectivity index (χ0v) is 9.70. The molecule has 1 saturated heterocycles. The second-order valence-corrected chi connectivity index (χ2v) is 4.14. The second kappa shape index (κ2) is 5.29. The van der Waals surface area contributed by atoms with Crippen LogP contribution in [0, 0.1) is 0 Å². The van der Waals surface area contributed by atoms with Gasteiger partial charge in [0.25, 0.3) is 0 Å². The molecule has 2 heterocycles. The van der Waals surface area contributed by atoms with Crippen LogP contribution >= 0.6 is 0 Å². The van der Waals surface area contributed by atoms with E-state index in [9.17, 15) is 9.90 Å². The fourth-order valence-electron chi connectivity index (χ4n) is 2.18. The molecule has 0 amide bonds. The first kappa shape index (κ1) is 12.1. The third kappa shape index (κ3) is 2.65. The van der Waals surface area contributed by atoms with E-state index < -0.39 is 18.1 Å². The number of likely N-dealkylation sites (tertiary alicyclic amines) is 1. The number of ether oxygens (including phenoxy) is 1. The first-order valence-corrected chi connectivity index (χ1v) is 5.61. The summed E-state index contributed by atoms with van der Waals surface area (Å²) in [6.07, 6.45) is 2.29. The zero-order chi connectivity index (χ0) is 12.3. The summed E-state index contributed by atoms with van der Waals surface area (Å²) in [7, 11) is 1.33. The molecule has 2 rings (SSSR count). The van der Waals surface area contributed by atoms with Crippen LogP contribution in [0.15, 0.2) is 16.9 Å². The number of hydrogen-bond acceptors (Lipinski definition) is 6. The van der Waals surface area contributed by atoms with Crippen molar-refractivity contribution in [2.24, 2.45) is 0 Å². The molecule has 6 heteroatoms. The molecule has 17 heavy (non-hydrogen) atoms. The molecule has 0 aromatic carbocycles. The van der Waals surface area contributed by atoms with E-state index in [4.69, 9.17) is 9.26 Å². The van der Waals surface area contributed by atoms with Crippen LogP contribution in [0.5, 0.6) is 0 Å². The average Bonchev–Trinajstić information content (AvgIpc) is 2.81. The number of nitrogens with zero attached hydrogens (tertiary/aromatic N) is 2. The summed E-state index contributed by atoms with van der Waals surface area (Å²) < 4.78 is 9.47. The van der Waals surface area contributed by atoms with Crippen LogP contribution in [-0.4, -0.2) is 46.9 Å². The number of aromatic nitrogens is 1. The van der Waals surface area contributed by atoms with Crippen LogP contribution < -0.4 is 0 Å². The van der Waals surface area contributed by atoms with Crippen molar-refractivity contribution in [1.29, 1.82) is 0 Å². The summed E-state index contributed by atoms with van der Waals surface area (Å²) in [5.41, 5.74) is 0.744. The molecule has 0 radical (unpaired) electrons. The quantitative estimate of drug-likeness (QED) is 0.759. The number of carbonyl (C=O) groups excluding carboxylic acids is 1. The van der Waals surface area contributed by atoms with Gasteiger partial charge in [-0.15, -0.1) is 0 Å². The predicted octanol–water partition coefficient (Wildman–Crippen LogP) is 0.173. The standard InChI is InChI=1S/C11H16N2O4/c1-16-11(15)10-9(14)3-2-5-13(10)7-8-4-6-17-12-8/h4,6,9-10,14H,2-3,5,7H2,1H3/t9-,10+/m1/s1. The number of carbonyl (C=O) groups is 1. The van der Waals surface area contributed by atoms with Gasteiger partial charge >= 0.3 is 5.97 Å². The molecule has 94 valence electrons. The van der Waals surface area contributed by atoms with Gasteiger partial charge in [0.15, 0.2) is 0 Å². The highest BCUT2D eigenvalue weighted by atomic mass is 16.5. The van der Waals surface area contributed by atoms with Crippen molar-refractivity contribution < 1.29 is 19.2 Å². The summed E-state index contributed by atoms with van der Waals surface area (Å²) >= 11 is 0. The Morgan fingerprint density at radius 3 is 3.24 bits per heavy atom. The summed E-state index contributed by atoms with van der Waals surface area (Å²) in [5.74, 6) is -0.402. The molecule has 0 bridgehead atoms. The maximum atomic E-state index is 11.6. The zero-order valence-electron chi connectivity index (χ0n) is 9.70. The van der Waals surface area contributed by atoms with Gasteiger partial charge in [-0.1, -0.05) is 5.16 Å². The number of rotatable bonds is 3. The molecule has 0 unspecified atom stereocenters.